The standard InChI is InChI=1S/C27H22F4N4O/c1-15-19(7-3-17-4-8-20(28)9-5-17)14-33-16(2)25(15)35-26(36)22-12-24(27(29,30)31)34-23-10-6-18(13-32)11-21(22)23/h4-6,8-12,19H,3,7,14H2,1-2H3,(H,35,36). The van der Waals surface area contributed by atoms with Crippen molar-refractivity contribution in [2.24, 2.45) is 10.9 Å². The van der Waals surface area contributed by atoms with Crippen molar-refractivity contribution >= 4 is 22.5 Å². The zero-order valence-corrected chi connectivity index (χ0v) is 19.6. The number of aromatic nitrogens is 1. The van der Waals surface area contributed by atoms with Crippen molar-refractivity contribution in [3.05, 3.63) is 88.0 Å². The van der Waals surface area contributed by atoms with Gasteiger partial charge in [-0.1, -0.05) is 12.1 Å². The molecule has 1 N–H and O–H groups in total. The third-order valence-electron chi connectivity index (χ3n) is 6.32. The van der Waals surface area contributed by atoms with Gasteiger partial charge in [0, 0.05) is 17.8 Å². The van der Waals surface area contributed by atoms with E-state index in [1.54, 1.807) is 19.1 Å². The van der Waals surface area contributed by atoms with Crippen LogP contribution in [0.1, 0.15) is 47.4 Å². The van der Waals surface area contributed by atoms with E-state index < -0.39 is 17.8 Å². The quantitative estimate of drug-likeness (QED) is 0.443. The molecule has 184 valence electrons. The second kappa shape index (κ2) is 9.90. The number of fused-ring (bicyclic) bond motifs is 1. The number of allylic oxidation sites excluding steroid dienone is 1. The van der Waals surface area contributed by atoms with Crippen LogP contribution in [0.4, 0.5) is 17.6 Å². The minimum atomic E-state index is -4.75. The predicted molar refractivity (Wildman–Crippen MR) is 128 cm³/mol. The van der Waals surface area contributed by atoms with Gasteiger partial charge in [0.1, 0.15) is 11.5 Å². The van der Waals surface area contributed by atoms with Crippen LogP contribution in [0.25, 0.3) is 10.9 Å². The predicted octanol–water partition coefficient (Wildman–Crippen LogP) is 5.99. The van der Waals surface area contributed by atoms with E-state index in [1.165, 1.54) is 30.3 Å². The maximum atomic E-state index is 13.5. The summed E-state index contributed by atoms with van der Waals surface area (Å²) in [5.74, 6) is -1.05. The molecule has 1 aliphatic heterocycles. The fourth-order valence-electron chi connectivity index (χ4n) is 4.25. The SMILES string of the molecule is CC1=NCC(CCc2ccc(F)cc2)C(C)=C1NC(=O)c1cc(C(F)(F)F)nc2ccc(C#N)cc12. The number of carbonyl (C=O) groups excluding carboxylic acids is 1. The number of nitriles is 1. The Morgan fingerprint density at radius 2 is 1.86 bits per heavy atom. The maximum absolute atomic E-state index is 13.5. The number of dihydropyridines is 1. The molecule has 1 aromatic heterocycles. The van der Waals surface area contributed by atoms with Crippen molar-refractivity contribution < 1.29 is 22.4 Å². The number of nitrogens with one attached hydrogen (secondary N) is 1. The van der Waals surface area contributed by atoms with Crippen LogP contribution in [0.3, 0.4) is 0 Å². The fourth-order valence-corrected chi connectivity index (χ4v) is 4.25. The molecule has 1 aliphatic rings. The smallest absolute Gasteiger partial charge is 0.320 e. The van der Waals surface area contributed by atoms with Crippen molar-refractivity contribution in [2.75, 3.05) is 6.54 Å². The van der Waals surface area contributed by atoms with E-state index in [0.717, 1.165) is 11.1 Å². The van der Waals surface area contributed by atoms with Gasteiger partial charge in [0.15, 0.2) is 0 Å². The normalized spacial score (nSPS) is 16.0. The van der Waals surface area contributed by atoms with Gasteiger partial charge in [0.2, 0.25) is 0 Å². The number of alkyl halides is 3. The number of hydrogen-bond acceptors (Lipinski definition) is 4. The number of hydrogen-bond donors (Lipinski definition) is 1. The summed E-state index contributed by atoms with van der Waals surface area (Å²) in [6.45, 7) is 4.11. The molecule has 3 aromatic rings. The van der Waals surface area contributed by atoms with Crippen molar-refractivity contribution in [3.63, 3.8) is 0 Å². The largest absolute Gasteiger partial charge is 0.433 e. The second-order valence-corrected chi connectivity index (χ2v) is 8.70. The van der Waals surface area contributed by atoms with Gasteiger partial charge in [0.05, 0.1) is 34.1 Å². The first kappa shape index (κ1) is 25.0. The highest BCUT2D eigenvalue weighted by Gasteiger charge is 2.34. The van der Waals surface area contributed by atoms with E-state index in [1.807, 2.05) is 13.0 Å². The number of amides is 1. The molecule has 2 aromatic carbocycles. The summed E-state index contributed by atoms with van der Waals surface area (Å²) in [5, 5.41) is 12.1. The zero-order valence-electron chi connectivity index (χ0n) is 19.6. The monoisotopic (exact) mass is 494 g/mol. The molecule has 1 unspecified atom stereocenters. The lowest BCUT2D eigenvalue weighted by atomic mass is 9.88. The molecule has 0 spiro atoms. The number of aryl methyl sites for hydroxylation is 1. The minimum absolute atomic E-state index is 0.000773. The van der Waals surface area contributed by atoms with E-state index in [4.69, 9.17) is 0 Å². The maximum Gasteiger partial charge on any atom is 0.433 e. The average molecular weight is 494 g/mol. The Balaban J connectivity index is 1.65. The first-order chi connectivity index (χ1) is 17.1. The Kier molecular flexibility index (Phi) is 6.88. The molecule has 0 fully saturated rings. The molecule has 5 nitrogen and oxygen atoms in total. The Morgan fingerprint density at radius 3 is 2.53 bits per heavy atom. The fraction of sp³-hybridized carbons (Fsp3) is 0.259. The summed E-state index contributed by atoms with van der Waals surface area (Å²) in [5.41, 5.74) is 1.61. The average Bonchev–Trinajstić information content (AvgIpc) is 2.85. The van der Waals surface area contributed by atoms with Crippen LogP contribution in [0, 0.1) is 23.1 Å². The van der Waals surface area contributed by atoms with Crippen molar-refractivity contribution in [1.29, 1.82) is 5.26 Å². The van der Waals surface area contributed by atoms with E-state index in [0.29, 0.717) is 36.9 Å². The highest BCUT2D eigenvalue weighted by atomic mass is 19.4. The lowest BCUT2D eigenvalue weighted by Crippen LogP contribution is -2.32. The molecule has 9 heteroatoms. The number of carbonyl (C=O) groups is 1. The van der Waals surface area contributed by atoms with Crippen LogP contribution in [0.5, 0.6) is 0 Å². The molecule has 0 aliphatic carbocycles. The molecular formula is C27H22F4N4O. The number of pyridine rings is 1. The van der Waals surface area contributed by atoms with Crippen molar-refractivity contribution in [2.45, 2.75) is 32.9 Å². The summed E-state index contributed by atoms with van der Waals surface area (Å²) in [6, 6.07) is 12.9. The van der Waals surface area contributed by atoms with Crippen LogP contribution in [0.2, 0.25) is 0 Å². The first-order valence-electron chi connectivity index (χ1n) is 11.3. The Labute approximate surface area is 205 Å². The van der Waals surface area contributed by atoms with Crippen LogP contribution in [0.15, 0.2) is 64.8 Å². The lowest BCUT2D eigenvalue weighted by molar-refractivity contribution is -0.140. The Bertz CT molecular complexity index is 1430. The summed E-state index contributed by atoms with van der Waals surface area (Å²) >= 11 is 0. The third kappa shape index (κ3) is 5.28. The van der Waals surface area contributed by atoms with Gasteiger partial charge in [-0.2, -0.15) is 18.4 Å². The van der Waals surface area contributed by atoms with Gasteiger partial charge in [0.25, 0.3) is 5.91 Å². The lowest BCUT2D eigenvalue weighted by Gasteiger charge is -2.25. The third-order valence-corrected chi connectivity index (χ3v) is 6.32. The van der Waals surface area contributed by atoms with Gasteiger partial charge in [-0.25, -0.2) is 9.37 Å². The van der Waals surface area contributed by atoms with Gasteiger partial charge in [-0.15, -0.1) is 0 Å². The molecule has 0 saturated heterocycles. The molecular weight excluding hydrogens is 472 g/mol. The molecule has 2 heterocycles. The van der Waals surface area contributed by atoms with Crippen LogP contribution in [-0.4, -0.2) is 23.1 Å². The summed E-state index contributed by atoms with van der Waals surface area (Å²) < 4.78 is 53.7. The van der Waals surface area contributed by atoms with Crippen LogP contribution >= 0.6 is 0 Å². The summed E-state index contributed by atoms with van der Waals surface area (Å²) in [4.78, 5) is 21.5. The number of halogens is 4. The van der Waals surface area contributed by atoms with Gasteiger partial charge in [-0.05, 0) is 74.2 Å². The Hall–Kier alpha value is -4.06. The van der Waals surface area contributed by atoms with Gasteiger partial charge < -0.3 is 5.32 Å². The highest BCUT2D eigenvalue weighted by Crippen LogP contribution is 2.32. The topological polar surface area (TPSA) is 78.1 Å². The molecule has 1 atom stereocenters. The number of aliphatic imine (C=N–C) groups is 1. The zero-order chi connectivity index (χ0) is 26.0. The van der Waals surface area contributed by atoms with E-state index >= 15 is 0 Å². The van der Waals surface area contributed by atoms with Crippen LogP contribution < -0.4 is 5.32 Å². The summed E-state index contributed by atoms with van der Waals surface area (Å²) in [7, 11) is 0. The van der Waals surface area contributed by atoms with E-state index in [-0.39, 0.29) is 33.8 Å². The summed E-state index contributed by atoms with van der Waals surface area (Å²) in [6.07, 6.45) is -3.37. The van der Waals surface area contributed by atoms with Crippen molar-refractivity contribution in [3.8, 4) is 6.07 Å². The molecule has 0 radical (unpaired) electrons. The van der Waals surface area contributed by atoms with E-state index in [9.17, 15) is 27.6 Å². The highest BCUT2D eigenvalue weighted by molar-refractivity contribution is 6.11. The molecule has 36 heavy (non-hydrogen) atoms. The van der Waals surface area contributed by atoms with Crippen LogP contribution in [-0.2, 0) is 12.6 Å². The van der Waals surface area contributed by atoms with Gasteiger partial charge in [-0.3, -0.25) is 9.79 Å². The number of rotatable bonds is 5. The minimum Gasteiger partial charge on any atom is -0.320 e. The molecule has 0 saturated carbocycles. The number of nitrogens with zero attached hydrogens (tertiary/aromatic N) is 3. The number of benzene rings is 2. The van der Waals surface area contributed by atoms with E-state index in [2.05, 4.69) is 15.3 Å². The Morgan fingerprint density at radius 1 is 1.14 bits per heavy atom. The first-order valence-corrected chi connectivity index (χ1v) is 11.3. The van der Waals surface area contributed by atoms with Gasteiger partial charge >= 0.3 is 6.18 Å². The van der Waals surface area contributed by atoms with Crippen molar-refractivity contribution in [1.82, 2.24) is 10.3 Å². The second-order valence-electron chi connectivity index (χ2n) is 8.70. The molecule has 0 bridgehead atoms. The molecule has 1 amide bonds. The molecule has 4 rings (SSSR count).